The molecular weight excluding hydrogens is 494 g/mol. The zero-order chi connectivity index (χ0) is 24.7. The summed E-state index contributed by atoms with van der Waals surface area (Å²) in [5.74, 6) is 0.905. The Morgan fingerprint density at radius 2 is 1.61 bits per heavy atom. The number of nitrogens with zero attached hydrogens (tertiary/aromatic N) is 4. The zero-order valence-corrected chi connectivity index (χ0v) is 21.2. The Hall–Kier alpha value is -3.33. The molecule has 0 spiro atoms. The maximum Gasteiger partial charge on any atom is 0.234 e. The van der Waals surface area contributed by atoms with Crippen molar-refractivity contribution in [1.82, 2.24) is 14.8 Å². The standard InChI is InChI=1S/C27H26ClN5O2S/c28-21-6-10-24(11-7-21)33-25(18-20-4-2-1-3-5-20)30-31-27(33)36-19-26(34)29-22-8-12-23(13-9-22)32-14-16-35-17-15-32/h1-13H,14-19H2,(H,29,34). The highest BCUT2D eigenvalue weighted by Gasteiger charge is 2.17. The lowest BCUT2D eigenvalue weighted by atomic mass is 10.1. The van der Waals surface area contributed by atoms with Gasteiger partial charge >= 0.3 is 0 Å². The van der Waals surface area contributed by atoms with Crippen molar-refractivity contribution in [2.45, 2.75) is 11.6 Å². The van der Waals surface area contributed by atoms with E-state index >= 15 is 0 Å². The number of anilines is 2. The summed E-state index contributed by atoms with van der Waals surface area (Å²) in [5.41, 5.74) is 3.93. The van der Waals surface area contributed by atoms with Crippen LogP contribution in [0.15, 0.2) is 84.0 Å². The number of carbonyl (C=O) groups is 1. The van der Waals surface area contributed by atoms with E-state index in [-0.39, 0.29) is 11.7 Å². The molecule has 1 fully saturated rings. The van der Waals surface area contributed by atoms with Gasteiger partial charge in [0.05, 0.1) is 19.0 Å². The van der Waals surface area contributed by atoms with Crippen LogP contribution in [0.4, 0.5) is 11.4 Å². The Kier molecular flexibility index (Phi) is 7.85. The van der Waals surface area contributed by atoms with Gasteiger partial charge in [-0.05, 0) is 54.1 Å². The minimum Gasteiger partial charge on any atom is -0.378 e. The number of ether oxygens (including phenoxy) is 1. The Morgan fingerprint density at radius 3 is 2.33 bits per heavy atom. The second kappa shape index (κ2) is 11.6. The maximum absolute atomic E-state index is 12.7. The van der Waals surface area contributed by atoms with Crippen LogP contribution in [-0.2, 0) is 16.0 Å². The molecule has 1 aliphatic rings. The molecule has 0 bridgehead atoms. The molecular formula is C27H26ClN5O2S. The molecule has 1 N–H and O–H groups in total. The van der Waals surface area contributed by atoms with E-state index in [1.54, 1.807) is 0 Å². The molecule has 7 nitrogen and oxygen atoms in total. The fraction of sp³-hybridized carbons (Fsp3) is 0.222. The first-order valence-electron chi connectivity index (χ1n) is 11.8. The molecule has 36 heavy (non-hydrogen) atoms. The van der Waals surface area contributed by atoms with Crippen molar-refractivity contribution in [2.24, 2.45) is 0 Å². The van der Waals surface area contributed by atoms with Gasteiger partial charge in [-0.25, -0.2) is 0 Å². The molecule has 2 heterocycles. The third-order valence-corrected chi connectivity index (χ3v) is 7.03. The first-order valence-corrected chi connectivity index (χ1v) is 13.1. The average molecular weight is 520 g/mol. The number of amides is 1. The van der Waals surface area contributed by atoms with Gasteiger partial charge in [-0.2, -0.15) is 0 Å². The van der Waals surface area contributed by atoms with E-state index in [1.807, 2.05) is 71.3 Å². The molecule has 0 unspecified atom stereocenters. The number of benzene rings is 3. The summed E-state index contributed by atoms with van der Waals surface area (Å²) < 4.78 is 7.40. The van der Waals surface area contributed by atoms with Crippen LogP contribution < -0.4 is 10.2 Å². The first kappa shape index (κ1) is 24.4. The molecule has 0 saturated carbocycles. The lowest BCUT2D eigenvalue weighted by molar-refractivity contribution is -0.113. The van der Waals surface area contributed by atoms with Crippen molar-refractivity contribution >= 4 is 40.6 Å². The number of halogens is 1. The lowest BCUT2D eigenvalue weighted by Gasteiger charge is -2.28. The molecule has 1 amide bonds. The normalized spacial score (nSPS) is 13.5. The van der Waals surface area contributed by atoms with Crippen LogP contribution in [-0.4, -0.2) is 52.7 Å². The van der Waals surface area contributed by atoms with E-state index in [0.29, 0.717) is 16.6 Å². The first-order chi connectivity index (χ1) is 17.7. The SMILES string of the molecule is O=C(CSc1nnc(Cc2ccccc2)n1-c1ccc(Cl)cc1)Nc1ccc(N2CCOCC2)cc1. The highest BCUT2D eigenvalue weighted by molar-refractivity contribution is 7.99. The highest BCUT2D eigenvalue weighted by Crippen LogP contribution is 2.25. The molecule has 0 atom stereocenters. The van der Waals surface area contributed by atoms with E-state index in [2.05, 4.69) is 32.5 Å². The molecule has 4 aromatic rings. The molecule has 3 aromatic carbocycles. The number of carbonyl (C=O) groups excluding carboxylic acids is 1. The summed E-state index contributed by atoms with van der Waals surface area (Å²) in [6.07, 6.45) is 0.624. The van der Waals surface area contributed by atoms with Gasteiger partial charge in [0, 0.05) is 41.6 Å². The molecule has 1 saturated heterocycles. The Labute approximate surface area is 219 Å². The van der Waals surface area contributed by atoms with E-state index < -0.39 is 0 Å². The maximum atomic E-state index is 12.7. The van der Waals surface area contributed by atoms with Crippen molar-refractivity contribution in [2.75, 3.05) is 42.3 Å². The zero-order valence-electron chi connectivity index (χ0n) is 19.6. The van der Waals surface area contributed by atoms with Crippen LogP contribution in [0.3, 0.4) is 0 Å². The van der Waals surface area contributed by atoms with Crippen molar-refractivity contribution < 1.29 is 9.53 Å². The number of morpholine rings is 1. The van der Waals surface area contributed by atoms with Gasteiger partial charge in [-0.15, -0.1) is 10.2 Å². The fourth-order valence-corrected chi connectivity index (χ4v) is 4.94. The van der Waals surface area contributed by atoms with Crippen molar-refractivity contribution in [1.29, 1.82) is 0 Å². The fourth-order valence-electron chi connectivity index (χ4n) is 4.04. The van der Waals surface area contributed by atoms with Gasteiger partial charge in [-0.1, -0.05) is 53.7 Å². The third-order valence-electron chi connectivity index (χ3n) is 5.85. The summed E-state index contributed by atoms with van der Waals surface area (Å²) >= 11 is 7.46. The molecule has 184 valence electrons. The number of thioether (sulfide) groups is 1. The average Bonchev–Trinajstić information content (AvgIpc) is 3.31. The molecule has 1 aromatic heterocycles. The monoisotopic (exact) mass is 519 g/mol. The summed E-state index contributed by atoms with van der Waals surface area (Å²) in [6, 6.07) is 25.6. The molecule has 1 aliphatic heterocycles. The topological polar surface area (TPSA) is 72.3 Å². The van der Waals surface area contributed by atoms with Gasteiger partial charge in [0.15, 0.2) is 5.16 Å². The molecule has 0 aliphatic carbocycles. The van der Waals surface area contributed by atoms with Crippen LogP contribution in [0.2, 0.25) is 5.02 Å². The minimum absolute atomic E-state index is 0.102. The summed E-state index contributed by atoms with van der Waals surface area (Å²) in [6.45, 7) is 3.23. The smallest absolute Gasteiger partial charge is 0.234 e. The van der Waals surface area contributed by atoms with Crippen LogP contribution in [0.25, 0.3) is 5.69 Å². The Bertz CT molecular complexity index is 1290. The quantitative estimate of drug-likeness (QED) is 0.327. The van der Waals surface area contributed by atoms with Gasteiger partial charge in [0.1, 0.15) is 5.82 Å². The number of hydrogen-bond donors (Lipinski definition) is 1. The second-order valence-corrected chi connectivity index (χ2v) is 9.74. The van der Waals surface area contributed by atoms with Gasteiger partial charge < -0.3 is 15.0 Å². The predicted molar refractivity (Wildman–Crippen MR) is 144 cm³/mol. The van der Waals surface area contributed by atoms with Crippen LogP contribution >= 0.6 is 23.4 Å². The van der Waals surface area contributed by atoms with Crippen molar-refractivity contribution in [3.63, 3.8) is 0 Å². The molecule has 5 rings (SSSR count). The predicted octanol–water partition coefficient (Wildman–Crippen LogP) is 5.08. The van der Waals surface area contributed by atoms with E-state index in [1.165, 1.54) is 11.8 Å². The van der Waals surface area contributed by atoms with E-state index in [0.717, 1.165) is 54.8 Å². The number of nitrogens with one attached hydrogen (secondary N) is 1. The lowest BCUT2D eigenvalue weighted by Crippen LogP contribution is -2.36. The number of aromatic nitrogens is 3. The third kappa shape index (κ3) is 6.07. The summed E-state index contributed by atoms with van der Waals surface area (Å²) in [5, 5.41) is 13.1. The van der Waals surface area contributed by atoms with Crippen LogP contribution in [0.1, 0.15) is 11.4 Å². The number of hydrogen-bond acceptors (Lipinski definition) is 6. The molecule has 0 radical (unpaired) electrons. The number of rotatable bonds is 8. The second-order valence-electron chi connectivity index (χ2n) is 8.36. The Morgan fingerprint density at radius 1 is 0.917 bits per heavy atom. The van der Waals surface area contributed by atoms with Gasteiger partial charge in [0.25, 0.3) is 0 Å². The van der Waals surface area contributed by atoms with Crippen molar-refractivity contribution in [3.8, 4) is 5.69 Å². The summed E-state index contributed by atoms with van der Waals surface area (Å²) in [4.78, 5) is 15.0. The Balaban J connectivity index is 1.27. The van der Waals surface area contributed by atoms with E-state index in [4.69, 9.17) is 16.3 Å². The van der Waals surface area contributed by atoms with Crippen molar-refractivity contribution in [3.05, 3.63) is 95.3 Å². The minimum atomic E-state index is -0.102. The largest absolute Gasteiger partial charge is 0.378 e. The van der Waals surface area contributed by atoms with Crippen LogP contribution in [0, 0.1) is 0 Å². The molecule has 9 heteroatoms. The highest BCUT2D eigenvalue weighted by atomic mass is 35.5. The summed E-state index contributed by atoms with van der Waals surface area (Å²) in [7, 11) is 0. The van der Waals surface area contributed by atoms with Gasteiger partial charge in [-0.3, -0.25) is 9.36 Å². The van der Waals surface area contributed by atoms with E-state index in [9.17, 15) is 4.79 Å². The van der Waals surface area contributed by atoms with Gasteiger partial charge in [0.2, 0.25) is 5.91 Å². The van der Waals surface area contributed by atoms with Crippen LogP contribution in [0.5, 0.6) is 0 Å².